The number of carbonyl (C=O) groups excluding carboxylic acids is 1. The van der Waals surface area contributed by atoms with Crippen LogP contribution in [-0.4, -0.2) is 20.7 Å². The molecule has 0 fully saturated rings. The lowest BCUT2D eigenvalue weighted by Gasteiger charge is -2.09. The lowest BCUT2D eigenvalue weighted by atomic mass is 10.1. The standard InChI is InChI=1S/C18H15F2N5O/c19-12-8-14(20)17(25-9-12)16(26)7-11-3-5-22-13(6-11)10-24-15-2-1-4-23-18(15)21/h1-6,8-9,24H,7,10H2,(H2,21,23). The maximum absolute atomic E-state index is 13.7. The second kappa shape index (κ2) is 7.64. The van der Waals surface area contributed by atoms with Gasteiger partial charge in [0, 0.05) is 24.9 Å². The summed E-state index contributed by atoms with van der Waals surface area (Å²) in [6, 6.07) is 7.56. The number of nitrogens with two attached hydrogens (primary N) is 1. The van der Waals surface area contributed by atoms with Crippen molar-refractivity contribution in [2.24, 2.45) is 0 Å². The zero-order valence-corrected chi connectivity index (χ0v) is 13.6. The Labute approximate surface area is 148 Å². The maximum atomic E-state index is 13.7. The highest BCUT2D eigenvalue weighted by Gasteiger charge is 2.15. The van der Waals surface area contributed by atoms with Crippen LogP contribution in [0.25, 0.3) is 0 Å². The van der Waals surface area contributed by atoms with Crippen LogP contribution in [0.1, 0.15) is 21.7 Å². The van der Waals surface area contributed by atoms with Gasteiger partial charge in [0.15, 0.2) is 11.6 Å². The first kappa shape index (κ1) is 17.4. The normalized spacial score (nSPS) is 10.5. The highest BCUT2D eigenvalue weighted by Crippen LogP contribution is 2.15. The van der Waals surface area contributed by atoms with Crippen LogP contribution < -0.4 is 11.1 Å². The van der Waals surface area contributed by atoms with Crippen LogP contribution in [-0.2, 0) is 13.0 Å². The van der Waals surface area contributed by atoms with Crippen molar-refractivity contribution in [2.45, 2.75) is 13.0 Å². The van der Waals surface area contributed by atoms with E-state index in [9.17, 15) is 13.6 Å². The molecule has 26 heavy (non-hydrogen) atoms. The highest BCUT2D eigenvalue weighted by molar-refractivity contribution is 5.95. The molecule has 8 heteroatoms. The molecule has 132 valence electrons. The largest absolute Gasteiger partial charge is 0.382 e. The summed E-state index contributed by atoms with van der Waals surface area (Å²) in [6.07, 6.45) is 3.89. The van der Waals surface area contributed by atoms with E-state index in [0.717, 1.165) is 6.20 Å². The Kier molecular flexibility index (Phi) is 5.12. The minimum atomic E-state index is -0.974. The monoisotopic (exact) mass is 355 g/mol. The second-order valence-corrected chi connectivity index (χ2v) is 5.53. The number of ketones is 1. The van der Waals surface area contributed by atoms with E-state index in [1.54, 1.807) is 36.7 Å². The summed E-state index contributed by atoms with van der Waals surface area (Å²) in [5.41, 5.74) is 7.37. The van der Waals surface area contributed by atoms with E-state index in [2.05, 4.69) is 20.3 Å². The Morgan fingerprint density at radius 1 is 1.12 bits per heavy atom. The third-order valence-corrected chi connectivity index (χ3v) is 3.62. The number of hydrogen-bond donors (Lipinski definition) is 2. The van der Waals surface area contributed by atoms with E-state index in [4.69, 9.17) is 5.73 Å². The Morgan fingerprint density at radius 3 is 2.73 bits per heavy atom. The Balaban J connectivity index is 1.69. The number of carbonyl (C=O) groups is 1. The first-order chi connectivity index (χ1) is 12.5. The minimum absolute atomic E-state index is 0.0693. The van der Waals surface area contributed by atoms with Crippen molar-refractivity contribution in [3.8, 4) is 0 Å². The van der Waals surface area contributed by atoms with Crippen molar-refractivity contribution in [2.75, 3.05) is 11.1 Å². The SMILES string of the molecule is Nc1ncccc1NCc1cc(CC(=O)c2ncc(F)cc2F)ccn1. The van der Waals surface area contributed by atoms with Gasteiger partial charge in [-0.2, -0.15) is 0 Å². The molecule has 0 saturated carbocycles. The molecule has 0 aliphatic heterocycles. The number of hydrogen-bond acceptors (Lipinski definition) is 6. The summed E-state index contributed by atoms with van der Waals surface area (Å²) >= 11 is 0. The van der Waals surface area contributed by atoms with E-state index in [-0.39, 0.29) is 12.1 Å². The fraction of sp³-hybridized carbons (Fsp3) is 0.111. The molecule has 0 aliphatic rings. The first-order valence-electron chi connectivity index (χ1n) is 7.75. The number of nitrogen functional groups attached to an aromatic ring is 1. The van der Waals surface area contributed by atoms with Gasteiger partial charge >= 0.3 is 0 Å². The third-order valence-electron chi connectivity index (χ3n) is 3.62. The predicted octanol–water partition coefficient (Wildman–Crippen LogP) is 2.77. The topological polar surface area (TPSA) is 93.8 Å². The maximum Gasteiger partial charge on any atom is 0.188 e. The smallest absolute Gasteiger partial charge is 0.188 e. The first-order valence-corrected chi connectivity index (χ1v) is 7.75. The summed E-state index contributed by atoms with van der Waals surface area (Å²) < 4.78 is 26.6. The molecule has 0 bridgehead atoms. The van der Waals surface area contributed by atoms with Gasteiger partial charge in [-0.3, -0.25) is 9.78 Å². The third kappa shape index (κ3) is 4.15. The molecule has 0 spiro atoms. The van der Waals surface area contributed by atoms with Crippen LogP contribution in [0.4, 0.5) is 20.3 Å². The van der Waals surface area contributed by atoms with Crippen LogP contribution in [0, 0.1) is 11.6 Å². The Hall–Kier alpha value is -3.42. The van der Waals surface area contributed by atoms with Gasteiger partial charge in [0.2, 0.25) is 0 Å². The molecule has 0 saturated heterocycles. The highest BCUT2D eigenvalue weighted by atomic mass is 19.1. The van der Waals surface area contributed by atoms with Gasteiger partial charge in [-0.1, -0.05) is 0 Å². The molecule has 0 aliphatic carbocycles. The van der Waals surface area contributed by atoms with Crippen molar-refractivity contribution in [1.82, 2.24) is 15.0 Å². The molecule has 3 rings (SSSR count). The van der Waals surface area contributed by atoms with Gasteiger partial charge in [-0.05, 0) is 29.8 Å². The minimum Gasteiger partial charge on any atom is -0.382 e. The molecule has 3 heterocycles. The molecule has 0 atom stereocenters. The van der Waals surface area contributed by atoms with Gasteiger partial charge < -0.3 is 11.1 Å². The fourth-order valence-electron chi connectivity index (χ4n) is 2.38. The molecule has 6 nitrogen and oxygen atoms in total. The number of rotatable bonds is 6. The fourth-order valence-corrected chi connectivity index (χ4v) is 2.38. The van der Waals surface area contributed by atoms with Crippen molar-refractivity contribution in [3.05, 3.63) is 77.5 Å². The quantitative estimate of drug-likeness (QED) is 0.661. The molecule has 0 unspecified atom stereocenters. The van der Waals surface area contributed by atoms with E-state index in [1.807, 2.05) is 0 Å². The van der Waals surface area contributed by atoms with Gasteiger partial charge in [0.25, 0.3) is 0 Å². The second-order valence-electron chi connectivity index (χ2n) is 5.53. The van der Waals surface area contributed by atoms with Crippen LogP contribution in [0.2, 0.25) is 0 Å². The molecular formula is C18H15F2N5O. The summed E-state index contributed by atoms with van der Waals surface area (Å²) in [4.78, 5) is 23.9. The van der Waals surface area contributed by atoms with Gasteiger partial charge in [-0.15, -0.1) is 0 Å². The molecule has 3 aromatic heterocycles. The van der Waals surface area contributed by atoms with Crippen LogP contribution in [0.15, 0.2) is 48.9 Å². The number of halogens is 2. The lowest BCUT2D eigenvalue weighted by Crippen LogP contribution is -2.10. The van der Waals surface area contributed by atoms with Crippen molar-refractivity contribution in [1.29, 1.82) is 0 Å². The number of nitrogens with one attached hydrogen (secondary N) is 1. The number of Topliss-reactive ketones (excluding diaryl/α,β-unsaturated/α-hetero) is 1. The zero-order chi connectivity index (χ0) is 18.5. The summed E-state index contributed by atoms with van der Waals surface area (Å²) in [6.45, 7) is 0.376. The van der Waals surface area contributed by atoms with E-state index in [1.165, 1.54) is 0 Å². The Bertz CT molecular complexity index is 948. The summed E-state index contributed by atoms with van der Waals surface area (Å²) in [7, 11) is 0. The van der Waals surface area contributed by atoms with Crippen molar-refractivity contribution >= 4 is 17.3 Å². The van der Waals surface area contributed by atoms with Gasteiger partial charge in [0.1, 0.15) is 17.3 Å². The number of anilines is 2. The van der Waals surface area contributed by atoms with E-state index >= 15 is 0 Å². The van der Waals surface area contributed by atoms with Crippen LogP contribution in [0.3, 0.4) is 0 Å². The number of aromatic nitrogens is 3. The Morgan fingerprint density at radius 2 is 1.96 bits per heavy atom. The molecule has 3 N–H and O–H groups in total. The molecule has 3 aromatic rings. The average molecular weight is 355 g/mol. The molecular weight excluding hydrogens is 340 g/mol. The molecule has 0 radical (unpaired) electrons. The average Bonchev–Trinajstić information content (AvgIpc) is 2.61. The van der Waals surface area contributed by atoms with Crippen molar-refractivity contribution < 1.29 is 13.6 Å². The van der Waals surface area contributed by atoms with Crippen LogP contribution in [0.5, 0.6) is 0 Å². The van der Waals surface area contributed by atoms with Gasteiger partial charge in [0.05, 0.1) is 24.1 Å². The van der Waals surface area contributed by atoms with Crippen molar-refractivity contribution in [3.63, 3.8) is 0 Å². The van der Waals surface area contributed by atoms with E-state index in [0.29, 0.717) is 35.4 Å². The molecule has 0 aromatic carbocycles. The zero-order valence-electron chi connectivity index (χ0n) is 13.6. The summed E-state index contributed by atoms with van der Waals surface area (Å²) in [5.74, 6) is -1.97. The van der Waals surface area contributed by atoms with E-state index < -0.39 is 17.4 Å². The molecule has 0 amide bonds. The number of pyridine rings is 3. The lowest BCUT2D eigenvalue weighted by molar-refractivity contribution is 0.0983. The van der Waals surface area contributed by atoms with Crippen LogP contribution >= 0.6 is 0 Å². The van der Waals surface area contributed by atoms with Gasteiger partial charge in [-0.25, -0.2) is 18.7 Å². The predicted molar refractivity (Wildman–Crippen MR) is 92.4 cm³/mol. The summed E-state index contributed by atoms with van der Waals surface area (Å²) in [5, 5.41) is 3.11. The number of nitrogens with zero attached hydrogens (tertiary/aromatic N) is 3.